The minimum Gasteiger partial charge on any atom is -0.467 e. The second-order valence-electron chi connectivity index (χ2n) is 6.40. The van der Waals surface area contributed by atoms with E-state index < -0.39 is 11.2 Å². The molecule has 0 spiro atoms. The summed E-state index contributed by atoms with van der Waals surface area (Å²) < 4.78 is 6.67. The number of carbonyl (C=O) groups is 1. The van der Waals surface area contributed by atoms with E-state index in [4.69, 9.17) is 10.2 Å². The van der Waals surface area contributed by atoms with Gasteiger partial charge in [0.15, 0.2) is 5.69 Å². The van der Waals surface area contributed by atoms with Gasteiger partial charge in [0.25, 0.3) is 11.5 Å². The van der Waals surface area contributed by atoms with Crippen molar-refractivity contribution in [1.82, 2.24) is 9.55 Å². The van der Waals surface area contributed by atoms with Crippen LogP contribution in [-0.2, 0) is 13.1 Å². The van der Waals surface area contributed by atoms with Crippen molar-refractivity contribution in [3.05, 3.63) is 66.9 Å². The predicted molar refractivity (Wildman–Crippen MR) is 109 cm³/mol. The molecule has 3 aromatic rings. The first-order valence-corrected chi connectivity index (χ1v) is 9.83. The van der Waals surface area contributed by atoms with E-state index >= 15 is 0 Å². The standard InChI is InChI=1S/C19H22N4O4S/c1-3-4-8-22-16(20)14(17(24)21-19(22)26)23(11-13-6-5-9-27-13)18(25)15-12(2)7-10-28-15/h5-7,9-10H,3-4,8,11,20H2,1-2H3,(H,21,24,26). The van der Waals surface area contributed by atoms with Crippen LogP contribution in [0.2, 0.25) is 0 Å². The minimum atomic E-state index is -0.704. The van der Waals surface area contributed by atoms with Crippen molar-refractivity contribution in [2.45, 2.75) is 39.8 Å². The number of carbonyl (C=O) groups excluding carboxylic acids is 1. The summed E-state index contributed by atoms with van der Waals surface area (Å²) in [6, 6.07) is 5.24. The van der Waals surface area contributed by atoms with Gasteiger partial charge in [0.1, 0.15) is 11.6 Å². The van der Waals surface area contributed by atoms with Gasteiger partial charge in [-0.25, -0.2) is 4.79 Å². The van der Waals surface area contributed by atoms with Crippen LogP contribution in [0, 0.1) is 6.92 Å². The molecule has 0 fully saturated rings. The molecule has 0 radical (unpaired) electrons. The Balaban J connectivity index is 2.15. The zero-order valence-corrected chi connectivity index (χ0v) is 16.5. The van der Waals surface area contributed by atoms with Gasteiger partial charge < -0.3 is 10.2 Å². The molecule has 1 amide bonds. The predicted octanol–water partition coefficient (Wildman–Crippen LogP) is 2.73. The van der Waals surface area contributed by atoms with Crippen LogP contribution >= 0.6 is 11.3 Å². The molecular weight excluding hydrogens is 380 g/mol. The number of aryl methyl sites for hydroxylation is 1. The van der Waals surface area contributed by atoms with Crippen molar-refractivity contribution in [2.24, 2.45) is 0 Å². The monoisotopic (exact) mass is 402 g/mol. The number of furan rings is 1. The highest BCUT2D eigenvalue weighted by atomic mass is 32.1. The molecule has 9 heteroatoms. The summed E-state index contributed by atoms with van der Waals surface area (Å²) in [7, 11) is 0. The number of nitrogens with one attached hydrogen (secondary N) is 1. The van der Waals surface area contributed by atoms with Gasteiger partial charge >= 0.3 is 5.69 Å². The lowest BCUT2D eigenvalue weighted by Crippen LogP contribution is -2.40. The smallest absolute Gasteiger partial charge is 0.330 e. The van der Waals surface area contributed by atoms with Crippen LogP contribution in [0.15, 0.2) is 43.8 Å². The van der Waals surface area contributed by atoms with E-state index in [0.717, 1.165) is 12.0 Å². The molecule has 3 heterocycles. The van der Waals surface area contributed by atoms with Crippen molar-refractivity contribution in [3.63, 3.8) is 0 Å². The number of unbranched alkanes of at least 4 members (excludes halogenated alkanes) is 1. The van der Waals surface area contributed by atoms with E-state index in [9.17, 15) is 14.4 Å². The second-order valence-corrected chi connectivity index (χ2v) is 7.32. The topological polar surface area (TPSA) is 114 Å². The molecule has 28 heavy (non-hydrogen) atoms. The quantitative estimate of drug-likeness (QED) is 0.631. The van der Waals surface area contributed by atoms with Crippen molar-refractivity contribution < 1.29 is 9.21 Å². The average molecular weight is 402 g/mol. The molecular formula is C19H22N4O4S. The lowest BCUT2D eigenvalue weighted by atomic mass is 10.2. The third-order valence-corrected chi connectivity index (χ3v) is 5.42. The number of hydrogen-bond acceptors (Lipinski definition) is 6. The number of aromatic nitrogens is 2. The lowest BCUT2D eigenvalue weighted by Gasteiger charge is -2.23. The SMILES string of the molecule is CCCCn1c(N)c(N(Cc2ccco2)C(=O)c2sccc2C)c(=O)[nH]c1=O. The molecule has 0 aromatic carbocycles. The van der Waals surface area contributed by atoms with Gasteiger partial charge in [-0.3, -0.25) is 24.0 Å². The molecule has 0 unspecified atom stereocenters. The van der Waals surface area contributed by atoms with Crippen molar-refractivity contribution in [1.29, 1.82) is 0 Å². The molecule has 0 aliphatic rings. The summed E-state index contributed by atoms with van der Waals surface area (Å²) in [5.41, 5.74) is 5.67. The van der Waals surface area contributed by atoms with Crippen LogP contribution in [0.1, 0.15) is 40.8 Å². The Morgan fingerprint density at radius 1 is 1.36 bits per heavy atom. The van der Waals surface area contributed by atoms with Crippen LogP contribution < -0.4 is 21.9 Å². The van der Waals surface area contributed by atoms with Gasteiger partial charge in [0.2, 0.25) is 0 Å². The Kier molecular flexibility index (Phi) is 5.84. The maximum atomic E-state index is 13.3. The molecule has 0 aliphatic carbocycles. The number of nitrogens with two attached hydrogens (primary N) is 1. The Labute approximate surface area is 165 Å². The first kappa shape index (κ1) is 19.7. The normalized spacial score (nSPS) is 10.9. The Morgan fingerprint density at radius 2 is 2.14 bits per heavy atom. The number of thiophene rings is 1. The number of rotatable bonds is 7. The van der Waals surface area contributed by atoms with Crippen molar-refractivity contribution >= 4 is 28.7 Å². The van der Waals surface area contributed by atoms with Crippen LogP contribution in [0.3, 0.4) is 0 Å². The number of hydrogen-bond donors (Lipinski definition) is 2. The summed E-state index contributed by atoms with van der Waals surface area (Å²) in [6.45, 7) is 4.18. The maximum Gasteiger partial charge on any atom is 0.330 e. The van der Waals surface area contributed by atoms with E-state index in [1.807, 2.05) is 25.3 Å². The largest absolute Gasteiger partial charge is 0.467 e. The highest BCUT2D eigenvalue weighted by Crippen LogP contribution is 2.25. The van der Waals surface area contributed by atoms with E-state index in [1.165, 1.54) is 27.1 Å². The third-order valence-electron chi connectivity index (χ3n) is 4.41. The highest BCUT2D eigenvalue weighted by Gasteiger charge is 2.27. The molecule has 8 nitrogen and oxygen atoms in total. The number of nitrogens with zero attached hydrogens (tertiary/aromatic N) is 2. The average Bonchev–Trinajstić information content (AvgIpc) is 3.31. The van der Waals surface area contributed by atoms with E-state index in [0.29, 0.717) is 23.6 Å². The van der Waals surface area contributed by atoms with E-state index in [1.54, 1.807) is 12.1 Å². The second kappa shape index (κ2) is 8.30. The molecule has 3 N–H and O–H groups in total. The number of nitrogen functional groups attached to an aromatic ring is 1. The minimum absolute atomic E-state index is 0.0163. The molecule has 0 bridgehead atoms. The fourth-order valence-corrected chi connectivity index (χ4v) is 3.77. The molecule has 0 saturated heterocycles. The molecule has 3 aromatic heterocycles. The van der Waals surface area contributed by atoms with Gasteiger partial charge in [-0.15, -0.1) is 11.3 Å². The van der Waals surface area contributed by atoms with Gasteiger partial charge in [-0.1, -0.05) is 13.3 Å². The van der Waals surface area contributed by atoms with E-state index in [2.05, 4.69) is 4.98 Å². The van der Waals surface area contributed by atoms with Crippen LogP contribution in [0.4, 0.5) is 11.5 Å². The zero-order chi connectivity index (χ0) is 20.3. The van der Waals surface area contributed by atoms with Gasteiger partial charge in [-0.2, -0.15) is 0 Å². The first-order valence-electron chi connectivity index (χ1n) is 8.95. The van der Waals surface area contributed by atoms with Crippen LogP contribution in [0.25, 0.3) is 0 Å². The Bertz CT molecular complexity index is 1080. The number of anilines is 2. The first-order chi connectivity index (χ1) is 13.4. The maximum absolute atomic E-state index is 13.3. The number of H-pyrrole nitrogens is 1. The fourth-order valence-electron chi connectivity index (χ4n) is 2.90. The van der Waals surface area contributed by atoms with Crippen molar-refractivity contribution in [3.8, 4) is 0 Å². The van der Waals surface area contributed by atoms with Gasteiger partial charge in [-0.05, 0) is 42.5 Å². The summed E-state index contributed by atoms with van der Waals surface area (Å²) in [5, 5.41) is 1.81. The summed E-state index contributed by atoms with van der Waals surface area (Å²) in [5.74, 6) is 0.0887. The highest BCUT2D eigenvalue weighted by molar-refractivity contribution is 7.12. The molecule has 0 saturated carbocycles. The molecule has 0 aliphatic heterocycles. The van der Waals surface area contributed by atoms with Crippen LogP contribution in [-0.4, -0.2) is 15.5 Å². The lowest BCUT2D eigenvalue weighted by molar-refractivity contribution is 0.0986. The Hall–Kier alpha value is -3.07. The summed E-state index contributed by atoms with van der Waals surface area (Å²) >= 11 is 1.28. The fraction of sp³-hybridized carbons (Fsp3) is 0.316. The van der Waals surface area contributed by atoms with E-state index in [-0.39, 0.29) is 24.0 Å². The van der Waals surface area contributed by atoms with Crippen LogP contribution in [0.5, 0.6) is 0 Å². The van der Waals surface area contributed by atoms with Gasteiger partial charge in [0.05, 0.1) is 17.7 Å². The molecule has 148 valence electrons. The summed E-state index contributed by atoms with van der Waals surface area (Å²) in [6.07, 6.45) is 3.06. The zero-order valence-electron chi connectivity index (χ0n) is 15.7. The summed E-state index contributed by atoms with van der Waals surface area (Å²) in [4.78, 5) is 42.2. The van der Waals surface area contributed by atoms with Crippen molar-refractivity contribution in [2.75, 3.05) is 10.6 Å². The Morgan fingerprint density at radius 3 is 2.75 bits per heavy atom. The third kappa shape index (κ3) is 3.79. The molecule has 3 rings (SSSR count). The number of amides is 1. The van der Waals surface area contributed by atoms with Gasteiger partial charge in [0, 0.05) is 6.54 Å². The molecule has 0 atom stereocenters. The number of aromatic amines is 1.